The second-order valence-electron chi connectivity index (χ2n) is 3.49. The van der Waals surface area contributed by atoms with E-state index in [-0.39, 0.29) is 0 Å². The Morgan fingerprint density at radius 3 is 2.93 bits per heavy atom. The number of carbonyl (C=O) groups is 1. The molecule has 0 saturated carbocycles. The highest BCUT2D eigenvalue weighted by molar-refractivity contribution is 6.02. The molecule has 0 bridgehead atoms. The van der Waals surface area contributed by atoms with Crippen molar-refractivity contribution in [3.63, 3.8) is 0 Å². The molecule has 1 aromatic rings. The van der Waals surface area contributed by atoms with Crippen LogP contribution in [0.2, 0.25) is 0 Å². The van der Waals surface area contributed by atoms with E-state index in [1.165, 1.54) is 0 Å². The number of aliphatic imine (C=N–C) groups is 1. The Labute approximate surface area is 87.7 Å². The number of hydrogen-bond donors (Lipinski definition) is 2. The van der Waals surface area contributed by atoms with Crippen molar-refractivity contribution in [2.24, 2.45) is 4.99 Å². The van der Waals surface area contributed by atoms with Crippen LogP contribution in [-0.4, -0.2) is 30.0 Å². The summed E-state index contributed by atoms with van der Waals surface area (Å²) in [5.74, 6) is -0.106. The summed E-state index contributed by atoms with van der Waals surface area (Å²) in [6.07, 6.45) is 0. The zero-order valence-electron chi connectivity index (χ0n) is 8.45. The van der Waals surface area contributed by atoms with Gasteiger partial charge < -0.3 is 10.4 Å². The van der Waals surface area contributed by atoms with Crippen molar-refractivity contribution in [3.8, 4) is 0 Å². The lowest BCUT2D eigenvalue weighted by Crippen LogP contribution is -2.20. The third kappa shape index (κ3) is 1.83. The lowest BCUT2D eigenvalue weighted by Gasteiger charge is -2.07. The zero-order chi connectivity index (χ0) is 10.8. The van der Waals surface area contributed by atoms with Crippen LogP contribution in [0.3, 0.4) is 0 Å². The van der Waals surface area contributed by atoms with Gasteiger partial charge >= 0.3 is 5.97 Å². The van der Waals surface area contributed by atoms with Crippen molar-refractivity contribution in [2.45, 2.75) is 6.92 Å². The van der Waals surface area contributed by atoms with Gasteiger partial charge in [-0.05, 0) is 24.6 Å². The van der Waals surface area contributed by atoms with Gasteiger partial charge in [-0.15, -0.1) is 0 Å². The van der Waals surface area contributed by atoms with Crippen molar-refractivity contribution in [2.75, 3.05) is 13.1 Å². The molecule has 0 saturated heterocycles. The summed E-state index contributed by atoms with van der Waals surface area (Å²) in [5, 5.41) is 12.0. The Hall–Kier alpha value is -1.84. The highest BCUT2D eigenvalue weighted by Gasteiger charge is 2.13. The third-order valence-corrected chi connectivity index (χ3v) is 2.41. The normalized spacial score (nSPS) is 14.6. The Morgan fingerprint density at radius 2 is 2.33 bits per heavy atom. The monoisotopic (exact) mass is 204 g/mol. The van der Waals surface area contributed by atoms with Crippen molar-refractivity contribution in [1.29, 1.82) is 0 Å². The first-order valence-corrected chi connectivity index (χ1v) is 4.81. The minimum absolute atomic E-state index is 0.298. The van der Waals surface area contributed by atoms with Gasteiger partial charge in [0.05, 0.1) is 12.1 Å². The Kier molecular flexibility index (Phi) is 2.41. The average Bonchev–Trinajstić information content (AvgIpc) is 2.71. The predicted octanol–water partition coefficient (Wildman–Crippen LogP) is 1.04. The molecule has 0 aliphatic carbocycles. The highest BCUT2D eigenvalue weighted by Crippen LogP contribution is 2.13. The molecule has 0 unspecified atom stereocenters. The maximum atomic E-state index is 10.8. The largest absolute Gasteiger partial charge is 0.478 e. The Morgan fingerprint density at radius 1 is 1.53 bits per heavy atom. The van der Waals surface area contributed by atoms with Crippen LogP contribution in [0.15, 0.2) is 23.2 Å². The molecule has 4 heteroatoms. The molecule has 0 amide bonds. The second kappa shape index (κ2) is 3.73. The van der Waals surface area contributed by atoms with E-state index in [1.54, 1.807) is 18.2 Å². The molecular formula is C11H12N2O2. The van der Waals surface area contributed by atoms with Gasteiger partial charge in [0.25, 0.3) is 0 Å². The fraction of sp³-hybridized carbons (Fsp3) is 0.273. The van der Waals surface area contributed by atoms with Crippen LogP contribution < -0.4 is 5.32 Å². The van der Waals surface area contributed by atoms with Gasteiger partial charge in [0.2, 0.25) is 0 Å². The molecule has 0 radical (unpaired) electrons. The molecule has 0 fully saturated rings. The smallest absolute Gasteiger partial charge is 0.335 e. The summed E-state index contributed by atoms with van der Waals surface area (Å²) in [5.41, 5.74) is 2.22. The number of rotatable bonds is 2. The number of benzene rings is 1. The lowest BCUT2D eigenvalue weighted by molar-refractivity contribution is 0.0697. The van der Waals surface area contributed by atoms with E-state index < -0.39 is 5.97 Å². The molecule has 0 spiro atoms. The molecule has 1 heterocycles. The van der Waals surface area contributed by atoms with Crippen LogP contribution in [0.4, 0.5) is 0 Å². The molecule has 15 heavy (non-hydrogen) atoms. The summed E-state index contributed by atoms with van der Waals surface area (Å²) in [4.78, 5) is 15.1. The maximum Gasteiger partial charge on any atom is 0.335 e. The number of hydrogen-bond acceptors (Lipinski definition) is 3. The molecular weight excluding hydrogens is 192 g/mol. The van der Waals surface area contributed by atoms with Crippen molar-refractivity contribution in [3.05, 3.63) is 34.9 Å². The second-order valence-corrected chi connectivity index (χ2v) is 3.49. The highest BCUT2D eigenvalue weighted by atomic mass is 16.4. The van der Waals surface area contributed by atoms with Crippen LogP contribution in [-0.2, 0) is 0 Å². The van der Waals surface area contributed by atoms with Crippen LogP contribution in [0.5, 0.6) is 0 Å². The quantitative estimate of drug-likeness (QED) is 0.756. The summed E-state index contributed by atoms with van der Waals surface area (Å²) in [7, 11) is 0. The molecule has 2 rings (SSSR count). The van der Waals surface area contributed by atoms with Gasteiger partial charge in [0.1, 0.15) is 5.84 Å². The number of nitrogens with one attached hydrogen (secondary N) is 1. The van der Waals surface area contributed by atoms with Gasteiger partial charge in [-0.1, -0.05) is 6.07 Å². The molecule has 2 N–H and O–H groups in total. The molecule has 0 atom stereocenters. The van der Waals surface area contributed by atoms with Gasteiger partial charge in [-0.2, -0.15) is 0 Å². The molecule has 1 aromatic carbocycles. The minimum atomic E-state index is -0.908. The lowest BCUT2D eigenvalue weighted by atomic mass is 10.0. The molecule has 1 aliphatic rings. The van der Waals surface area contributed by atoms with Crippen LogP contribution in [0.1, 0.15) is 21.5 Å². The molecule has 0 aromatic heterocycles. The van der Waals surface area contributed by atoms with E-state index in [0.29, 0.717) is 5.56 Å². The van der Waals surface area contributed by atoms with Crippen molar-refractivity contribution >= 4 is 11.8 Å². The summed E-state index contributed by atoms with van der Waals surface area (Å²) < 4.78 is 0. The van der Waals surface area contributed by atoms with Crippen molar-refractivity contribution in [1.82, 2.24) is 5.32 Å². The average molecular weight is 204 g/mol. The van der Waals surface area contributed by atoms with Crippen LogP contribution >= 0.6 is 0 Å². The SMILES string of the molecule is Cc1ccc(C(=O)O)cc1C1=NCCN1. The van der Waals surface area contributed by atoms with E-state index in [2.05, 4.69) is 10.3 Å². The summed E-state index contributed by atoms with van der Waals surface area (Å²) in [6, 6.07) is 5.08. The van der Waals surface area contributed by atoms with Crippen molar-refractivity contribution < 1.29 is 9.90 Å². The predicted molar refractivity (Wildman–Crippen MR) is 57.5 cm³/mol. The standard InChI is InChI=1S/C11H12N2O2/c1-7-2-3-8(11(14)15)6-9(7)10-12-4-5-13-10/h2-3,6H,4-5H2,1H3,(H,12,13)(H,14,15). The van der Waals surface area contributed by atoms with Gasteiger partial charge in [0, 0.05) is 12.1 Å². The van der Waals surface area contributed by atoms with E-state index >= 15 is 0 Å². The Balaban J connectivity index is 2.45. The van der Waals surface area contributed by atoms with Gasteiger partial charge in [0.15, 0.2) is 0 Å². The first-order chi connectivity index (χ1) is 7.18. The van der Waals surface area contributed by atoms with Crippen LogP contribution in [0, 0.1) is 6.92 Å². The fourth-order valence-electron chi connectivity index (χ4n) is 1.59. The first-order valence-electron chi connectivity index (χ1n) is 4.81. The topological polar surface area (TPSA) is 61.7 Å². The molecule has 78 valence electrons. The molecule has 1 aliphatic heterocycles. The number of nitrogens with zero attached hydrogens (tertiary/aromatic N) is 1. The number of carboxylic acids is 1. The fourth-order valence-corrected chi connectivity index (χ4v) is 1.59. The zero-order valence-corrected chi connectivity index (χ0v) is 8.45. The van der Waals surface area contributed by atoms with Gasteiger partial charge in [-0.25, -0.2) is 4.79 Å². The van der Waals surface area contributed by atoms with E-state index in [1.807, 2.05) is 6.92 Å². The number of aryl methyl sites for hydroxylation is 1. The van der Waals surface area contributed by atoms with E-state index in [0.717, 1.165) is 30.1 Å². The van der Waals surface area contributed by atoms with E-state index in [4.69, 9.17) is 5.11 Å². The number of amidine groups is 1. The van der Waals surface area contributed by atoms with Crippen LogP contribution in [0.25, 0.3) is 0 Å². The summed E-state index contributed by atoms with van der Waals surface area (Å²) >= 11 is 0. The minimum Gasteiger partial charge on any atom is -0.478 e. The first kappa shape index (κ1) is 9.71. The number of aromatic carboxylic acids is 1. The van der Waals surface area contributed by atoms with Gasteiger partial charge in [-0.3, -0.25) is 4.99 Å². The molecule has 4 nitrogen and oxygen atoms in total. The maximum absolute atomic E-state index is 10.8. The third-order valence-electron chi connectivity index (χ3n) is 2.41. The Bertz CT molecular complexity index is 438. The van der Waals surface area contributed by atoms with E-state index in [9.17, 15) is 4.79 Å². The summed E-state index contributed by atoms with van der Waals surface area (Å²) in [6.45, 7) is 3.53. The number of carboxylic acid groups (broad SMARTS) is 1.